The van der Waals surface area contributed by atoms with E-state index in [-0.39, 0.29) is 11.3 Å². The maximum absolute atomic E-state index is 11.7. The van der Waals surface area contributed by atoms with E-state index in [4.69, 9.17) is 9.15 Å². The number of hydrogen-bond donors (Lipinski definition) is 1. The van der Waals surface area contributed by atoms with Crippen molar-refractivity contribution in [2.45, 2.75) is 19.3 Å². The van der Waals surface area contributed by atoms with Crippen LogP contribution in [0, 0.1) is 5.41 Å². The average molecular weight is 302 g/mol. The maximum Gasteiger partial charge on any atom is 0.287 e. The lowest BCUT2D eigenvalue weighted by Gasteiger charge is -2.14. The molecule has 0 unspecified atom stereocenters. The van der Waals surface area contributed by atoms with E-state index in [1.165, 1.54) is 12.8 Å². The van der Waals surface area contributed by atoms with Crippen LogP contribution in [-0.2, 0) is 4.74 Å². The molecule has 1 aliphatic rings. The zero-order valence-electron chi connectivity index (χ0n) is 9.79. The molecule has 0 bridgehead atoms. The Balaban J connectivity index is 1.80. The monoisotopic (exact) mass is 301 g/mol. The summed E-state index contributed by atoms with van der Waals surface area (Å²) in [5.74, 6) is 0.193. The lowest BCUT2D eigenvalue weighted by molar-refractivity contribution is 0.0909. The van der Waals surface area contributed by atoms with Gasteiger partial charge < -0.3 is 14.5 Å². The molecule has 0 spiro atoms. The summed E-state index contributed by atoms with van der Waals surface area (Å²) >= 11 is 3.17. The molecule has 2 rings (SSSR count). The van der Waals surface area contributed by atoms with Gasteiger partial charge in [0, 0.05) is 20.3 Å². The molecule has 0 atom stereocenters. The van der Waals surface area contributed by atoms with E-state index in [0.29, 0.717) is 17.0 Å². The van der Waals surface area contributed by atoms with Crippen LogP contribution in [0.5, 0.6) is 0 Å². The van der Waals surface area contributed by atoms with E-state index < -0.39 is 0 Å². The number of nitrogens with one attached hydrogen (secondary N) is 1. The highest BCUT2D eigenvalue weighted by Gasteiger charge is 2.42. The number of furan rings is 1. The smallest absolute Gasteiger partial charge is 0.287 e. The van der Waals surface area contributed by atoms with Gasteiger partial charge in [-0.15, -0.1) is 0 Å². The standard InChI is InChI=1S/C12H16BrNO3/c1-16-7-6-12(4-5-12)8-14-11(15)9-2-3-10(13)17-9/h2-3H,4-8H2,1H3,(H,14,15). The highest BCUT2D eigenvalue weighted by molar-refractivity contribution is 9.10. The van der Waals surface area contributed by atoms with Gasteiger partial charge in [-0.05, 0) is 52.7 Å². The topological polar surface area (TPSA) is 51.5 Å². The van der Waals surface area contributed by atoms with Crippen LogP contribution in [0.15, 0.2) is 21.2 Å². The normalized spacial score (nSPS) is 16.8. The summed E-state index contributed by atoms with van der Waals surface area (Å²) in [5, 5.41) is 2.91. The lowest BCUT2D eigenvalue weighted by atomic mass is 10.0. The average Bonchev–Trinajstić information content (AvgIpc) is 2.97. The van der Waals surface area contributed by atoms with Crippen molar-refractivity contribution in [3.63, 3.8) is 0 Å². The Morgan fingerprint density at radius 3 is 2.88 bits per heavy atom. The van der Waals surface area contributed by atoms with E-state index in [0.717, 1.165) is 13.0 Å². The molecule has 4 nitrogen and oxygen atoms in total. The summed E-state index contributed by atoms with van der Waals surface area (Å²) < 4.78 is 10.8. The molecule has 1 aliphatic carbocycles. The number of hydrogen-bond acceptors (Lipinski definition) is 3. The van der Waals surface area contributed by atoms with Gasteiger partial charge in [0.2, 0.25) is 0 Å². The van der Waals surface area contributed by atoms with Crippen molar-refractivity contribution >= 4 is 21.8 Å². The van der Waals surface area contributed by atoms with Crippen LogP contribution >= 0.6 is 15.9 Å². The molecule has 94 valence electrons. The largest absolute Gasteiger partial charge is 0.444 e. The van der Waals surface area contributed by atoms with Crippen LogP contribution in [-0.4, -0.2) is 26.2 Å². The fraction of sp³-hybridized carbons (Fsp3) is 0.583. The van der Waals surface area contributed by atoms with E-state index in [9.17, 15) is 4.79 Å². The van der Waals surface area contributed by atoms with Crippen molar-refractivity contribution in [2.75, 3.05) is 20.3 Å². The number of halogens is 1. The van der Waals surface area contributed by atoms with Crippen LogP contribution in [0.4, 0.5) is 0 Å². The molecule has 0 aromatic carbocycles. The number of methoxy groups -OCH3 is 1. The highest BCUT2D eigenvalue weighted by Crippen LogP contribution is 2.48. The molecule has 5 heteroatoms. The van der Waals surface area contributed by atoms with Crippen LogP contribution in [0.25, 0.3) is 0 Å². The summed E-state index contributed by atoms with van der Waals surface area (Å²) in [7, 11) is 1.70. The van der Waals surface area contributed by atoms with Gasteiger partial charge >= 0.3 is 0 Å². The summed E-state index contributed by atoms with van der Waals surface area (Å²) in [6, 6.07) is 3.38. The van der Waals surface area contributed by atoms with Gasteiger partial charge in [0.15, 0.2) is 10.4 Å². The molecule has 1 saturated carbocycles. The third-order valence-corrected chi connectivity index (χ3v) is 3.64. The second-order valence-corrected chi connectivity index (χ2v) is 5.31. The molecule has 0 radical (unpaired) electrons. The zero-order valence-corrected chi connectivity index (χ0v) is 11.4. The summed E-state index contributed by atoms with van der Waals surface area (Å²) in [6.45, 7) is 1.45. The third-order valence-electron chi connectivity index (χ3n) is 3.21. The number of carbonyl (C=O) groups excluding carboxylic acids is 1. The van der Waals surface area contributed by atoms with Gasteiger partial charge in [-0.1, -0.05) is 0 Å². The molecule has 1 aromatic rings. The van der Waals surface area contributed by atoms with Crippen LogP contribution in [0.3, 0.4) is 0 Å². The fourth-order valence-electron chi connectivity index (χ4n) is 1.80. The number of ether oxygens (including phenoxy) is 1. The Kier molecular flexibility index (Phi) is 3.89. The first-order chi connectivity index (χ1) is 8.15. The summed E-state index contributed by atoms with van der Waals surface area (Å²) in [6.07, 6.45) is 3.34. The predicted octanol–water partition coefficient (Wildman–Crippen LogP) is 2.59. The number of amides is 1. The van der Waals surface area contributed by atoms with Gasteiger partial charge in [-0.2, -0.15) is 0 Å². The van der Waals surface area contributed by atoms with Crippen LogP contribution in [0.2, 0.25) is 0 Å². The minimum Gasteiger partial charge on any atom is -0.444 e. The Morgan fingerprint density at radius 2 is 2.35 bits per heavy atom. The molecule has 17 heavy (non-hydrogen) atoms. The Bertz CT molecular complexity index is 398. The van der Waals surface area contributed by atoms with Gasteiger partial charge in [0.1, 0.15) is 0 Å². The van der Waals surface area contributed by atoms with Gasteiger partial charge in [0.25, 0.3) is 5.91 Å². The third kappa shape index (κ3) is 3.33. The van der Waals surface area contributed by atoms with Crippen molar-refractivity contribution in [1.29, 1.82) is 0 Å². The first-order valence-corrected chi connectivity index (χ1v) is 6.47. The van der Waals surface area contributed by atoms with Crippen LogP contribution < -0.4 is 5.32 Å². The molecule has 0 saturated heterocycles. The maximum atomic E-state index is 11.7. The molecule has 0 aliphatic heterocycles. The Labute approximate surface area is 109 Å². The molecule has 1 amide bonds. The van der Waals surface area contributed by atoms with E-state index in [1.807, 2.05) is 0 Å². The highest BCUT2D eigenvalue weighted by atomic mass is 79.9. The summed E-state index contributed by atoms with van der Waals surface area (Å²) in [4.78, 5) is 11.7. The van der Waals surface area contributed by atoms with Crippen LogP contribution in [0.1, 0.15) is 29.8 Å². The van der Waals surface area contributed by atoms with Gasteiger partial charge in [0.05, 0.1) is 0 Å². The molecular formula is C12H16BrNO3. The zero-order chi connectivity index (χ0) is 12.3. The second kappa shape index (κ2) is 5.23. The minimum absolute atomic E-state index is 0.153. The predicted molar refractivity (Wildman–Crippen MR) is 66.9 cm³/mol. The second-order valence-electron chi connectivity index (χ2n) is 4.53. The molecule has 1 N–H and O–H groups in total. The quantitative estimate of drug-likeness (QED) is 0.878. The molecule has 1 aromatic heterocycles. The van der Waals surface area contributed by atoms with Crippen molar-refractivity contribution in [1.82, 2.24) is 5.32 Å². The molecule has 1 heterocycles. The lowest BCUT2D eigenvalue weighted by Crippen LogP contribution is -2.30. The van der Waals surface area contributed by atoms with Gasteiger partial charge in [-0.3, -0.25) is 4.79 Å². The van der Waals surface area contributed by atoms with Crippen molar-refractivity contribution in [2.24, 2.45) is 5.41 Å². The Hall–Kier alpha value is -0.810. The Morgan fingerprint density at radius 1 is 1.59 bits per heavy atom. The minimum atomic E-state index is -0.153. The van der Waals surface area contributed by atoms with Crippen molar-refractivity contribution < 1.29 is 13.9 Å². The first kappa shape index (κ1) is 12.6. The van der Waals surface area contributed by atoms with E-state index in [1.54, 1.807) is 19.2 Å². The summed E-state index contributed by atoms with van der Waals surface area (Å²) in [5.41, 5.74) is 0.259. The van der Waals surface area contributed by atoms with E-state index >= 15 is 0 Å². The fourth-order valence-corrected chi connectivity index (χ4v) is 2.11. The van der Waals surface area contributed by atoms with E-state index in [2.05, 4.69) is 21.2 Å². The van der Waals surface area contributed by atoms with Crippen molar-refractivity contribution in [3.8, 4) is 0 Å². The molecular weight excluding hydrogens is 286 g/mol. The molecule has 1 fully saturated rings. The number of carbonyl (C=O) groups is 1. The number of rotatable bonds is 6. The SMILES string of the molecule is COCCC1(CNC(=O)c2ccc(Br)o2)CC1. The van der Waals surface area contributed by atoms with Crippen molar-refractivity contribution in [3.05, 3.63) is 22.6 Å². The van der Waals surface area contributed by atoms with Gasteiger partial charge in [-0.25, -0.2) is 0 Å². The first-order valence-electron chi connectivity index (χ1n) is 5.68.